The monoisotopic (exact) mass is 360 g/mol. The zero-order chi connectivity index (χ0) is 18.9. The quantitative estimate of drug-likeness (QED) is 0.580. The zero-order valence-electron chi connectivity index (χ0n) is 14.4. The van der Waals surface area contributed by atoms with Crippen LogP contribution in [-0.2, 0) is 16.0 Å². The van der Waals surface area contributed by atoms with E-state index in [0.29, 0.717) is 5.92 Å². The molecular formula is C20H22F2N2O2. The van der Waals surface area contributed by atoms with Gasteiger partial charge in [-0.3, -0.25) is 9.59 Å². The van der Waals surface area contributed by atoms with Gasteiger partial charge in [0.05, 0.1) is 6.54 Å². The highest BCUT2D eigenvalue weighted by molar-refractivity contribution is 5.93. The van der Waals surface area contributed by atoms with E-state index in [1.54, 1.807) is 0 Å². The van der Waals surface area contributed by atoms with Crippen molar-refractivity contribution in [1.82, 2.24) is 10.6 Å². The second-order valence-electron chi connectivity index (χ2n) is 6.37. The first kappa shape index (κ1) is 19.6. The Kier molecular flexibility index (Phi) is 7.34. The van der Waals surface area contributed by atoms with Crippen LogP contribution >= 0.6 is 0 Å². The Balaban J connectivity index is 2.05. The summed E-state index contributed by atoms with van der Waals surface area (Å²) in [4.78, 5) is 24.4. The Bertz CT molecular complexity index is 699. The average molecular weight is 360 g/mol. The molecule has 4 nitrogen and oxygen atoms in total. The summed E-state index contributed by atoms with van der Waals surface area (Å²) < 4.78 is 26.7. The van der Waals surface area contributed by atoms with Gasteiger partial charge in [0.1, 0.15) is 17.7 Å². The zero-order valence-corrected chi connectivity index (χ0v) is 14.4. The molecule has 1 fully saturated rings. The van der Waals surface area contributed by atoms with E-state index in [2.05, 4.69) is 16.6 Å². The number of rotatable bonds is 7. The van der Waals surface area contributed by atoms with E-state index < -0.39 is 29.5 Å². The molecule has 0 aliphatic heterocycles. The van der Waals surface area contributed by atoms with E-state index in [0.717, 1.165) is 43.9 Å². The van der Waals surface area contributed by atoms with Crippen molar-refractivity contribution in [2.75, 3.05) is 6.54 Å². The number of hydrogen-bond acceptors (Lipinski definition) is 2. The average Bonchev–Trinajstić information content (AvgIpc) is 3.10. The fourth-order valence-corrected chi connectivity index (χ4v) is 3.03. The summed E-state index contributed by atoms with van der Waals surface area (Å²) in [6.45, 7) is 0.000624. The second kappa shape index (κ2) is 9.71. The molecule has 1 aromatic carbocycles. The van der Waals surface area contributed by atoms with E-state index in [-0.39, 0.29) is 18.5 Å². The first-order chi connectivity index (χ1) is 12.5. The maximum absolute atomic E-state index is 13.4. The lowest BCUT2D eigenvalue weighted by Crippen LogP contribution is -2.47. The molecule has 0 bridgehead atoms. The molecule has 1 aromatic rings. The lowest BCUT2D eigenvalue weighted by atomic mass is 10.0. The van der Waals surface area contributed by atoms with Crippen molar-refractivity contribution in [3.05, 3.63) is 47.5 Å². The topological polar surface area (TPSA) is 58.2 Å². The van der Waals surface area contributed by atoms with E-state index in [4.69, 9.17) is 6.42 Å². The molecule has 0 radical (unpaired) electrons. The fraction of sp³-hybridized carbons (Fsp3) is 0.400. The fourth-order valence-electron chi connectivity index (χ4n) is 3.03. The highest BCUT2D eigenvalue weighted by Gasteiger charge is 2.21. The number of halogens is 2. The van der Waals surface area contributed by atoms with Crippen molar-refractivity contribution in [1.29, 1.82) is 0 Å². The van der Waals surface area contributed by atoms with Gasteiger partial charge in [-0.25, -0.2) is 8.78 Å². The molecule has 0 spiro atoms. The van der Waals surface area contributed by atoms with Crippen LogP contribution in [0.5, 0.6) is 0 Å². The molecule has 1 atom stereocenters. The van der Waals surface area contributed by atoms with Gasteiger partial charge >= 0.3 is 0 Å². The van der Waals surface area contributed by atoms with Crippen LogP contribution in [0.4, 0.5) is 8.78 Å². The number of terminal acetylenes is 1. The van der Waals surface area contributed by atoms with Gasteiger partial charge in [-0.05, 0) is 42.5 Å². The molecule has 1 aliphatic rings. The summed E-state index contributed by atoms with van der Waals surface area (Å²) in [7, 11) is 0. The van der Waals surface area contributed by atoms with Crippen molar-refractivity contribution in [2.24, 2.45) is 5.92 Å². The van der Waals surface area contributed by atoms with Crippen molar-refractivity contribution < 1.29 is 18.4 Å². The van der Waals surface area contributed by atoms with Crippen molar-refractivity contribution >= 4 is 11.8 Å². The smallest absolute Gasteiger partial charge is 0.244 e. The third kappa shape index (κ3) is 6.32. The Hall–Kier alpha value is -2.68. The minimum atomic E-state index is -0.981. The molecule has 0 aromatic heterocycles. The Labute approximate surface area is 152 Å². The lowest BCUT2D eigenvalue weighted by Gasteiger charge is -2.17. The largest absolute Gasteiger partial charge is 0.343 e. The summed E-state index contributed by atoms with van der Waals surface area (Å²) in [5.74, 6) is 0.247. The third-order valence-electron chi connectivity index (χ3n) is 4.28. The first-order valence-corrected chi connectivity index (χ1v) is 8.63. The van der Waals surface area contributed by atoms with Crippen molar-refractivity contribution in [2.45, 2.75) is 38.1 Å². The minimum Gasteiger partial charge on any atom is -0.343 e. The maximum atomic E-state index is 13.4. The van der Waals surface area contributed by atoms with Gasteiger partial charge in [-0.2, -0.15) is 0 Å². The van der Waals surface area contributed by atoms with Crippen LogP contribution in [0, 0.1) is 29.9 Å². The maximum Gasteiger partial charge on any atom is 0.244 e. The standard InChI is InChI=1S/C20H22F2N2O2/c1-2-9-23-20(26)18(12-15-10-16(21)13-17(22)11-15)24-19(25)8-7-14-5-3-4-6-14/h1,7-8,10-11,13-14,18H,3-6,9,12H2,(H,23,26)(H,24,25)/b8-7+/t18-/m0/s1. The molecule has 2 rings (SSSR count). The summed E-state index contributed by atoms with van der Waals surface area (Å²) >= 11 is 0. The Morgan fingerprint density at radius 2 is 1.88 bits per heavy atom. The normalized spacial score (nSPS) is 15.6. The second-order valence-corrected chi connectivity index (χ2v) is 6.37. The van der Waals surface area contributed by atoms with Crippen LogP contribution in [-0.4, -0.2) is 24.4 Å². The first-order valence-electron chi connectivity index (χ1n) is 8.63. The Morgan fingerprint density at radius 1 is 1.23 bits per heavy atom. The number of nitrogens with one attached hydrogen (secondary N) is 2. The SMILES string of the molecule is C#CCNC(=O)[C@H](Cc1cc(F)cc(F)c1)NC(=O)/C=C/C1CCCC1. The number of amides is 2. The van der Waals surface area contributed by atoms with Gasteiger partial charge in [0.15, 0.2) is 0 Å². The van der Waals surface area contributed by atoms with E-state index in [9.17, 15) is 18.4 Å². The van der Waals surface area contributed by atoms with Gasteiger partial charge in [0, 0.05) is 12.5 Å². The number of allylic oxidation sites excluding steroid dienone is 1. The highest BCUT2D eigenvalue weighted by atomic mass is 19.1. The van der Waals surface area contributed by atoms with Crippen LogP contribution in [0.3, 0.4) is 0 Å². The molecule has 1 saturated carbocycles. The van der Waals surface area contributed by atoms with Gasteiger partial charge in [0.25, 0.3) is 0 Å². The van der Waals surface area contributed by atoms with Gasteiger partial charge in [0.2, 0.25) is 11.8 Å². The lowest BCUT2D eigenvalue weighted by molar-refractivity contribution is -0.126. The summed E-state index contributed by atoms with van der Waals surface area (Å²) in [5, 5.41) is 5.07. The van der Waals surface area contributed by atoms with Crippen LogP contribution in [0.2, 0.25) is 0 Å². The minimum absolute atomic E-state index is 0.000624. The number of hydrogen-bond donors (Lipinski definition) is 2. The molecule has 2 N–H and O–H groups in total. The summed E-state index contributed by atoms with van der Waals surface area (Å²) in [5.41, 5.74) is 0.267. The highest BCUT2D eigenvalue weighted by Crippen LogP contribution is 2.25. The van der Waals surface area contributed by atoms with Crippen molar-refractivity contribution in [3.8, 4) is 12.3 Å². The molecule has 6 heteroatoms. The molecule has 0 unspecified atom stereocenters. The third-order valence-corrected chi connectivity index (χ3v) is 4.28. The van der Waals surface area contributed by atoms with Crippen LogP contribution in [0.15, 0.2) is 30.4 Å². The van der Waals surface area contributed by atoms with Crippen molar-refractivity contribution in [3.63, 3.8) is 0 Å². The van der Waals surface area contributed by atoms with E-state index in [1.807, 2.05) is 6.08 Å². The van der Waals surface area contributed by atoms with Gasteiger partial charge in [-0.1, -0.05) is 24.8 Å². The van der Waals surface area contributed by atoms with E-state index >= 15 is 0 Å². The number of carbonyl (C=O) groups excluding carboxylic acids is 2. The summed E-state index contributed by atoms with van der Waals surface area (Å²) in [6, 6.07) is 2.03. The number of benzene rings is 1. The molecule has 0 saturated heterocycles. The predicted molar refractivity (Wildman–Crippen MR) is 94.9 cm³/mol. The molecule has 0 heterocycles. The Morgan fingerprint density at radius 3 is 2.50 bits per heavy atom. The molecule has 26 heavy (non-hydrogen) atoms. The molecular weight excluding hydrogens is 338 g/mol. The number of carbonyl (C=O) groups is 2. The van der Waals surface area contributed by atoms with Gasteiger partial charge in [-0.15, -0.1) is 6.42 Å². The molecule has 2 amide bonds. The van der Waals surface area contributed by atoms with Crippen LogP contribution < -0.4 is 10.6 Å². The predicted octanol–water partition coefficient (Wildman–Crippen LogP) is 2.49. The molecule has 1 aliphatic carbocycles. The van der Waals surface area contributed by atoms with Crippen LogP contribution in [0.25, 0.3) is 0 Å². The molecule has 138 valence electrons. The van der Waals surface area contributed by atoms with Gasteiger partial charge < -0.3 is 10.6 Å². The summed E-state index contributed by atoms with van der Waals surface area (Å²) in [6.07, 6.45) is 12.8. The van der Waals surface area contributed by atoms with Crippen LogP contribution in [0.1, 0.15) is 31.2 Å². The van der Waals surface area contributed by atoms with E-state index in [1.165, 1.54) is 6.08 Å².